The highest BCUT2D eigenvalue weighted by Gasteiger charge is 2.11. The van der Waals surface area contributed by atoms with Crippen LogP contribution in [-0.2, 0) is 10.0 Å². The van der Waals surface area contributed by atoms with Crippen molar-refractivity contribution in [2.75, 3.05) is 10.5 Å². The molecule has 0 fully saturated rings. The number of aromatic hydroxyl groups is 1. The van der Waals surface area contributed by atoms with Crippen molar-refractivity contribution in [2.45, 2.75) is 20.8 Å². The Hall–Kier alpha value is -1.23. The summed E-state index contributed by atoms with van der Waals surface area (Å²) in [5.74, 6) is 0.177. The molecule has 4 nitrogen and oxygen atoms in total. The molecule has 2 N–H and O–H groups in total. The molecule has 0 radical (unpaired) electrons. The number of phenolic OH excluding ortho intramolecular Hbond substituents is 1. The summed E-state index contributed by atoms with van der Waals surface area (Å²) in [4.78, 5) is 0. The van der Waals surface area contributed by atoms with E-state index in [4.69, 9.17) is 0 Å². The first-order valence-corrected chi connectivity index (χ1v) is 6.31. The first-order chi connectivity index (χ1) is 6.85. The predicted octanol–water partition coefficient (Wildman–Crippen LogP) is 1.77. The first kappa shape index (κ1) is 11.8. The van der Waals surface area contributed by atoms with Gasteiger partial charge in [-0.05, 0) is 44.0 Å². The summed E-state index contributed by atoms with van der Waals surface area (Å²) in [5.41, 5.74) is 1.98. The summed E-state index contributed by atoms with van der Waals surface area (Å²) < 4.78 is 25.3. The number of phenols is 1. The van der Waals surface area contributed by atoms with Crippen LogP contribution in [0.25, 0.3) is 0 Å². The molecule has 1 rings (SSSR count). The van der Waals surface area contributed by atoms with Crippen molar-refractivity contribution in [3.63, 3.8) is 0 Å². The SMILES string of the molecule is CCS(=O)(=O)Nc1c(C)cc(O)cc1C. The molecule has 0 aliphatic rings. The van der Waals surface area contributed by atoms with Gasteiger partial charge in [-0.1, -0.05) is 0 Å². The van der Waals surface area contributed by atoms with E-state index in [1.807, 2.05) is 0 Å². The zero-order valence-electron chi connectivity index (χ0n) is 9.03. The molecule has 5 heteroatoms. The van der Waals surface area contributed by atoms with Gasteiger partial charge in [-0.3, -0.25) is 4.72 Å². The predicted molar refractivity (Wildman–Crippen MR) is 60.7 cm³/mol. The van der Waals surface area contributed by atoms with Crippen molar-refractivity contribution in [1.82, 2.24) is 0 Å². The monoisotopic (exact) mass is 229 g/mol. The number of rotatable bonds is 3. The maximum absolute atomic E-state index is 11.4. The Bertz CT molecular complexity index is 443. The molecule has 0 saturated heterocycles. The van der Waals surface area contributed by atoms with E-state index in [0.29, 0.717) is 16.8 Å². The van der Waals surface area contributed by atoms with E-state index in [-0.39, 0.29) is 11.5 Å². The lowest BCUT2D eigenvalue weighted by atomic mass is 10.1. The van der Waals surface area contributed by atoms with Gasteiger partial charge in [0, 0.05) is 0 Å². The van der Waals surface area contributed by atoms with Crippen LogP contribution in [-0.4, -0.2) is 19.3 Å². The molecular weight excluding hydrogens is 214 g/mol. The van der Waals surface area contributed by atoms with Gasteiger partial charge in [-0.25, -0.2) is 8.42 Å². The van der Waals surface area contributed by atoms with Crippen molar-refractivity contribution >= 4 is 15.7 Å². The van der Waals surface area contributed by atoms with Gasteiger partial charge in [-0.15, -0.1) is 0 Å². The van der Waals surface area contributed by atoms with Crippen molar-refractivity contribution in [3.8, 4) is 5.75 Å². The lowest BCUT2D eigenvalue weighted by Gasteiger charge is -2.12. The van der Waals surface area contributed by atoms with Crippen LogP contribution < -0.4 is 4.72 Å². The molecule has 0 unspecified atom stereocenters. The van der Waals surface area contributed by atoms with Crippen LogP contribution in [0.1, 0.15) is 18.1 Å². The fourth-order valence-electron chi connectivity index (χ4n) is 1.33. The standard InChI is InChI=1S/C10H15NO3S/c1-4-15(13,14)11-10-7(2)5-9(12)6-8(10)3/h5-6,11-12H,4H2,1-3H3. The Labute approximate surface area is 90.0 Å². The largest absolute Gasteiger partial charge is 0.508 e. The quantitative estimate of drug-likeness (QED) is 0.776. The lowest BCUT2D eigenvalue weighted by Crippen LogP contribution is -2.16. The van der Waals surface area contributed by atoms with Gasteiger partial charge in [0.15, 0.2) is 0 Å². The van der Waals surface area contributed by atoms with E-state index < -0.39 is 10.0 Å². The summed E-state index contributed by atoms with van der Waals surface area (Å²) in [6.45, 7) is 5.08. The van der Waals surface area contributed by atoms with Crippen LogP contribution in [0, 0.1) is 13.8 Å². The van der Waals surface area contributed by atoms with Gasteiger partial charge in [0.2, 0.25) is 10.0 Å². The summed E-state index contributed by atoms with van der Waals surface area (Å²) in [6.07, 6.45) is 0. The molecule has 0 aromatic heterocycles. The Kier molecular flexibility index (Phi) is 3.24. The van der Waals surface area contributed by atoms with E-state index in [0.717, 1.165) is 0 Å². The van der Waals surface area contributed by atoms with Crippen molar-refractivity contribution < 1.29 is 13.5 Å². The number of anilines is 1. The van der Waals surface area contributed by atoms with E-state index in [1.165, 1.54) is 12.1 Å². The van der Waals surface area contributed by atoms with E-state index in [9.17, 15) is 13.5 Å². The van der Waals surface area contributed by atoms with Crippen molar-refractivity contribution in [3.05, 3.63) is 23.3 Å². The average molecular weight is 229 g/mol. The molecule has 0 aliphatic carbocycles. The fraction of sp³-hybridized carbons (Fsp3) is 0.400. The molecule has 1 aromatic carbocycles. The van der Waals surface area contributed by atoms with Gasteiger partial charge >= 0.3 is 0 Å². The lowest BCUT2D eigenvalue weighted by molar-refractivity contribution is 0.474. The molecule has 15 heavy (non-hydrogen) atoms. The molecule has 0 saturated carbocycles. The van der Waals surface area contributed by atoms with E-state index >= 15 is 0 Å². The van der Waals surface area contributed by atoms with Crippen LogP contribution in [0.4, 0.5) is 5.69 Å². The summed E-state index contributed by atoms with van der Waals surface area (Å²) in [6, 6.07) is 3.06. The smallest absolute Gasteiger partial charge is 0.232 e. The number of aryl methyl sites for hydroxylation is 2. The van der Waals surface area contributed by atoms with E-state index in [2.05, 4.69) is 4.72 Å². The van der Waals surface area contributed by atoms with Crippen LogP contribution >= 0.6 is 0 Å². The average Bonchev–Trinajstić information content (AvgIpc) is 2.11. The van der Waals surface area contributed by atoms with Crippen LogP contribution in [0.15, 0.2) is 12.1 Å². The Morgan fingerprint density at radius 1 is 1.27 bits per heavy atom. The third-order valence-corrected chi connectivity index (χ3v) is 3.43. The maximum Gasteiger partial charge on any atom is 0.232 e. The highest BCUT2D eigenvalue weighted by atomic mass is 32.2. The minimum absolute atomic E-state index is 0.0345. The van der Waals surface area contributed by atoms with E-state index in [1.54, 1.807) is 20.8 Å². The highest BCUT2D eigenvalue weighted by Crippen LogP contribution is 2.26. The molecule has 1 aromatic rings. The summed E-state index contributed by atoms with van der Waals surface area (Å²) >= 11 is 0. The highest BCUT2D eigenvalue weighted by molar-refractivity contribution is 7.92. The number of hydrogen-bond donors (Lipinski definition) is 2. The van der Waals surface area contributed by atoms with Crippen LogP contribution in [0.2, 0.25) is 0 Å². The second-order valence-corrected chi connectivity index (χ2v) is 5.47. The molecular formula is C10H15NO3S. The Morgan fingerprint density at radius 2 is 1.73 bits per heavy atom. The van der Waals surface area contributed by atoms with Gasteiger partial charge in [-0.2, -0.15) is 0 Å². The fourth-order valence-corrected chi connectivity index (χ4v) is 2.11. The Morgan fingerprint density at radius 3 is 2.13 bits per heavy atom. The first-order valence-electron chi connectivity index (χ1n) is 4.66. The topological polar surface area (TPSA) is 66.4 Å². The second-order valence-electron chi connectivity index (χ2n) is 3.46. The van der Waals surface area contributed by atoms with Crippen molar-refractivity contribution in [1.29, 1.82) is 0 Å². The third kappa shape index (κ3) is 2.86. The van der Waals surface area contributed by atoms with Crippen LogP contribution in [0.5, 0.6) is 5.75 Å². The van der Waals surface area contributed by atoms with Crippen LogP contribution in [0.3, 0.4) is 0 Å². The molecule has 84 valence electrons. The maximum atomic E-state index is 11.4. The molecule has 0 bridgehead atoms. The number of sulfonamides is 1. The van der Waals surface area contributed by atoms with Gasteiger partial charge in [0.25, 0.3) is 0 Å². The molecule has 0 aliphatic heterocycles. The Balaban J connectivity index is 3.17. The zero-order chi connectivity index (χ0) is 11.6. The minimum Gasteiger partial charge on any atom is -0.508 e. The van der Waals surface area contributed by atoms with Gasteiger partial charge in [0.05, 0.1) is 11.4 Å². The third-order valence-electron chi connectivity index (χ3n) is 2.16. The molecule has 0 atom stereocenters. The number of benzene rings is 1. The summed E-state index contributed by atoms with van der Waals surface area (Å²) in [7, 11) is -3.26. The minimum atomic E-state index is -3.26. The number of hydrogen-bond acceptors (Lipinski definition) is 3. The summed E-state index contributed by atoms with van der Waals surface area (Å²) in [5, 5.41) is 9.30. The van der Waals surface area contributed by atoms with Gasteiger partial charge in [0.1, 0.15) is 5.75 Å². The normalized spacial score (nSPS) is 11.4. The molecule has 0 heterocycles. The second kappa shape index (κ2) is 4.10. The molecule has 0 spiro atoms. The molecule has 0 amide bonds. The van der Waals surface area contributed by atoms with Crippen molar-refractivity contribution in [2.24, 2.45) is 0 Å². The number of nitrogens with one attached hydrogen (secondary N) is 1. The van der Waals surface area contributed by atoms with Gasteiger partial charge < -0.3 is 5.11 Å². The zero-order valence-corrected chi connectivity index (χ0v) is 9.85.